The molecule has 3 heterocycles. The third-order valence-electron chi connectivity index (χ3n) is 22.1. The highest BCUT2D eigenvalue weighted by Gasteiger charge is 2.54. The summed E-state index contributed by atoms with van der Waals surface area (Å²) < 4.78 is 34.5. The lowest BCUT2D eigenvalue weighted by atomic mass is 9.96. The number of carbonyl (C=O) groups is 1. The smallest absolute Gasteiger partial charge is 0.220 e. The molecule has 12 N–H and O–H groups in total. The van der Waals surface area contributed by atoms with Gasteiger partial charge in [-0.25, -0.2) is 0 Å². The lowest BCUT2D eigenvalue weighted by Crippen LogP contribution is -2.66. The Hall–Kier alpha value is -2.25. The first kappa shape index (κ1) is 98.9. The molecule has 19 nitrogen and oxygen atoms in total. The maximum absolute atomic E-state index is 13.5. The summed E-state index contributed by atoms with van der Waals surface area (Å²) in [6.07, 6.45) is 61.3. The third kappa shape index (κ3) is 47.3. The molecule has 0 aromatic carbocycles. The van der Waals surface area contributed by atoms with E-state index in [1.165, 1.54) is 295 Å². The second-order valence-corrected chi connectivity index (χ2v) is 31.7. The van der Waals surface area contributed by atoms with Crippen LogP contribution in [-0.2, 0) is 33.2 Å². The number of aliphatic hydroxyl groups excluding tert-OH is 11. The van der Waals surface area contributed by atoms with E-state index in [0.717, 1.165) is 44.9 Å². The standard InChI is InChI=1S/C88H163NO18/c1-3-5-7-9-11-13-15-17-19-21-23-25-27-29-31-33-35-37-39-41-43-45-47-49-51-53-55-57-59-61-63-65-72(93)71(89-76(94)66-64-62-60-58-56-54-52-50-48-46-44-42-40-38-36-34-32-30-28-26-24-22-20-18-16-14-12-10-8-6-4-2)70-102-86-82(100)79(97)84(74(68-91)104-86)107-88-83(101)80(98)85(75(69-92)105-88)106-87-81(99)78(96)77(95)73(67-90)103-87/h22,24,47,49,55,57,63,65,71-75,77-88,90-93,95-101H,3-21,23,25-46,48,50-54,56,58-62,64,66-70H2,1-2H3,(H,89,94)/b24-22-,49-47+,57-55+,65-63+. The van der Waals surface area contributed by atoms with Crippen molar-refractivity contribution in [2.75, 3.05) is 26.4 Å². The van der Waals surface area contributed by atoms with E-state index in [-0.39, 0.29) is 18.9 Å². The van der Waals surface area contributed by atoms with E-state index < -0.39 is 124 Å². The first-order chi connectivity index (χ1) is 52.3. The van der Waals surface area contributed by atoms with Gasteiger partial charge in [0.05, 0.1) is 38.6 Å². The van der Waals surface area contributed by atoms with E-state index in [2.05, 4.69) is 55.6 Å². The Morgan fingerprint density at radius 2 is 0.598 bits per heavy atom. The topological polar surface area (TPSA) is 307 Å². The monoisotopic (exact) mass is 1520 g/mol. The summed E-state index contributed by atoms with van der Waals surface area (Å²) in [5, 5.41) is 121. The number of hydrogen-bond donors (Lipinski definition) is 12. The molecule has 0 aromatic rings. The Morgan fingerprint density at radius 1 is 0.327 bits per heavy atom. The zero-order chi connectivity index (χ0) is 77.4. The molecule has 3 saturated heterocycles. The fourth-order valence-corrected chi connectivity index (χ4v) is 15.0. The lowest BCUT2D eigenvalue weighted by molar-refractivity contribution is -0.379. The van der Waals surface area contributed by atoms with Crippen LogP contribution >= 0.6 is 0 Å². The molecule has 17 atom stereocenters. The SMILES string of the molecule is CCCCCCCCCC/C=C\CCCCCCCCCCCCCCCCCCCCCC(=O)NC(COC1OC(CO)C(OC2OC(CO)C(OC3OC(CO)C(O)C(O)C3O)C(O)C2O)C(O)C1O)C(O)/C=C/CC/C=C/CC/C=C/CCCCCCCCCCCCCCCCCCCCCCC. The summed E-state index contributed by atoms with van der Waals surface area (Å²) in [6.45, 7) is 1.77. The van der Waals surface area contributed by atoms with E-state index >= 15 is 0 Å². The van der Waals surface area contributed by atoms with Gasteiger partial charge in [0.1, 0.15) is 73.2 Å². The van der Waals surface area contributed by atoms with Crippen molar-refractivity contribution in [2.24, 2.45) is 0 Å². The first-order valence-electron chi connectivity index (χ1n) is 44.4. The Morgan fingerprint density at radius 3 is 0.935 bits per heavy atom. The average molecular weight is 1520 g/mol. The van der Waals surface area contributed by atoms with Crippen molar-refractivity contribution in [3.05, 3.63) is 48.6 Å². The maximum atomic E-state index is 13.5. The molecule has 3 rings (SSSR count). The van der Waals surface area contributed by atoms with Gasteiger partial charge in [-0.1, -0.05) is 345 Å². The molecule has 3 aliphatic rings. The van der Waals surface area contributed by atoms with Gasteiger partial charge in [0, 0.05) is 6.42 Å². The second kappa shape index (κ2) is 68.2. The Bertz CT molecular complexity index is 2120. The number of allylic oxidation sites excluding steroid dienone is 7. The molecule has 17 unspecified atom stereocenters. The van der Waals surface area contributed by atoms with Crippen molar-refractivity contribution in [1.29, 1.82) is 0 Å². The first-order valence-corrected chi connectivity index (χ1v) is 44.4. The predicted octanol–water partition coefficient (Wildman–Crippen LogP) is 16.4. The number of ether oxygens (including phenoxy) is 6. The predicted molar refractivity (Wildman–Crippen MR) is 429 cm³/mol. The number of amides is 1. The molecular weight excluding hydrogens is 1360 g/mol. The molecule has 0 aromatic heterocycles. The molecule has 628 valence electrons. The zero-order valence-corrected chi connectivity index (χ0v) is 67.6. The van der Waals surface area contributed by atoms with Crippen LogP contribution in [0.4, 0.5) is 0 Å². The van der Waals surface area contributed by atoms with Crippen LogP contribution in [0.2, 0.25) is 0 Å². The van der Waals surface area contributed by atoms with Crippen molar-refractivity contribution >= 4 is 5.91 Å². The number of rotatable bonds is 72. The molecule has 19 heteroatoms. The van der Waals surface area contributed by atoms with Crippen LogP contribution in [-0.4, -0.2) is 193 Å². The van der Waals surface area contributed by atoms with Gasteiger partial charge < -0.3 is 89.9 Å². The van der Waals surface area contributed by atoms with Gasteiger partial charge in [0.15, 0.2) is 18.9 Å². The van der Waals surface area contributed by atoms with Crippen LogP contribution in [0.3, 0.4) is 0 Å². The maximum Gasteiger partial charge on any atom is 0.220 e. The fraction of sp³-hybridized carbons (Fsp3) is 0.898. The minimum Gasteiger partial charge on any atom is -0.394 e. The molecule has 0 bridgehead atoms. The van der Waals surface area contributed by atoms with Crippen LogP contribution in [0, 0.1) is 0 Å². The van der Waals surface area contributed by atoms with Gasteiger partial charge in [-0.3, -0.25) is 4.79 Å². The number of hydrogen-bond acceptors (Lipinski definition) is 18. The average Bonchev–Trinajstić information content (AvgIpc) is 0.780. The van der Waals surface area contributed by atoms with Crippen molar-refractivity contribution in [2.45, 2.75) is 478 Å². The van der Waals surface area contributed by atoms with E-state index in [0.29, 0.717) is 12.8 Å². The van der Waals surface area contributed by atoms with Crippen molar-refractivity contribution in [3.63, 3.8) is 0 Å². The zero-order valence-electron chi connectivity index (χ0n) is 67.6. The third-order valence-corrected chi connectivity index (χ3v) is 22.1. The Balaban J connectivity index is 1.35. The number of nitrogens with one attached hydrogen (secondary N) is 1. The summed E-state index contributed by atoms with van der Waals surface area (Å²) in [5.74, 6) is -0.283. The van der Waals surface area contributed by atoms with Gasteiger partial charge >= 0.3 is 0 Å². The minimum absolute atomic E-state index is 0.235. The Labute approximate surface area is 650 Å². The van der Waals surface area contributed by atoms with Gasteiger partial charge in [0.2, 0.25) is 5.91 Å². The molecular formula is C88H163NO18. The van der Waals surface area contributed by atoms with Crippen molar-refractivity contribution < 1.29 is 89.4 Å². The molecule has 3 fully saturated rings. The molecule has 0 spiro atoms. The van der Waals surface area contributed by atoms with Gasteiger partial charge in [-0.05, 0) is 70.6 Å². The molecule has 0 aliphatic carbocycles. The summed E-state index contributed by atoms with van der Waals surface area (Å²) in [4.78, 5) is 13.5. The van der Waals surface area contributed by atoms with E-state index in [9.17, 15) is 61.0 Å². The lowest BCUT2D eigenvalue weighted by Gasteiger charge is -2.48. The highest BCUT2D eigenvalue weighted by molar-refractivity contribution is 5.76. The van der Waals surface area contributed by atoms with E-state index in [4.69, 9.17) is 28.4 Å². The quantitative estimate of drug-likeness (QED) is 0.0199. The van der Waals surface area contributed by atoms with E-state index in [1.807, 2.05) is 6.08 Å². The van der Waals surface area contributed by atoms with Crippen molar-refractivity contribution in [3.8, 4) is 0 Å². The highest BCUT2D eigenvalue weighted by atomic mass is 16.8. The fourth-order valence-electron chi connectivity index (χ4n) is 15.0. The Kier molecular flexibility index (Phi) is 63.0. The van der Waals surface area contributed by atoms with E-state index in [1.54, 1.807) is 6.08 Å². The summed E-state index contributed by atoms with van der Waals surface area (Å²) in [5.41, 5.74) is 0. The summed E-state index contributed by atoms with van der Waals surface area (Å²) >= 11 is 0. The molecule has 0 radical (unpaired) electrons. The second-order valence-electron chi connectivity index (χ2n) is 31.7. The van der Waals surface area contributed by atoms with Gasteiger partial charge in [0.25, 0.3) is 0 Å². The van der Waals surface area contributed by atoms with Gasteiger partial charge in [-0.15, -0.1) is 0 Å². The number of unbranched alkanes of at least 4 members (excludes halogenated alkanes) is 50. The molecule has 1 amide bonds. The minimum atomic E-state index is -1.98. The molecule has 0 saturated carbocycles. The summed E-state index contributed by atoms with van der Waals surface area (Å²) in [7, 11) is 0. The van der Waals surface area contributed by atoms with Crippen LogP contribution in [0.25, 0.3) is 0 Å². The van der Waals surface area contributed by atoms with Crippen LogP contribution in [0.5, 0.6) is 0 Å². The van der Waals surface area contributed by atoms with Crippen LogP contribution < -0.4 is 5.32 Å². The number of aliphatic hydroxyl groups is 11. The van der Waals surface area contributed by atoms with Crippen LogP contribution in [0.1, 0.15) is 373 Å². The normalized spacial score (nSPS) is 25.7. The summed E-state index contributed by atoms with van der Waals surface area (Å²) in [6, 6.07) is -0.998. The molecule has 3 aliphatic heterocycles. The molecule has 107 heavy (non-hydrogen) atoms. The van der Waals surface area contributed by atoms with Crippen LogP contribution in [0.15, 0.2) is 48.6 Å². The van der Waals surface area contributed by atoms with Gasteiger partial charge in [-0.2, -0.15) is 0 Å². The van der Waals surface area contributed by atoms with Crippen molar-refractivity contribution in [1.82, 2.24) is 5.32 Å². The highest BCUT2D eigenvalue weighted by Crippen LogP contribution is 2.33. The number of carbonyl (C=O) groups excluding carboxylic acids is 1. The largest absolute Gasteiger partial charge is 0.394 e.